The molecule has 34 heavy (non-hydrogen) atoms. The minimum absolute atomic E-state index is 0.0743. The van der Waals surface area contributed by atoms with Gasteiger partial charge in [0.15, 0.2) is 5.82 Å². The number of aryl methyl sites for hydroxylation is 1. The number of carbonyl (C=O) groups is 3. The number of aromatic nitrogens is 2. The summed E-state index contributed by atoms with van der Waals surface area (Å²) in [5.74, 6) is -1.63. The highest BCUT2D eigenvalue weighted by atomic mass is 16.5. The number of amides is 2. The maximum atomic E-state index is 12.5. The molecule has 1 aromatic heterocycles. The van der Waals surface area contributed by atoms with Crippen LogP contribution in [-0.2, 0) is 16.6 Å². The van der Waals surface area contributed by atoms with E-state index in [4.69, 9.17) is 4.74 Å². The Hall–Kier alpha value is -4.14. The number of anilines is 1. The van der Waals surface area contributed by atoms with Gasteiger partial charge in [0, 0.05) is 19.0 Å². The molecule has 176 valence electrons. The molecule has 0 saturated carbocycles. The zero-order chi connectivity index (χ0) is 24.2. The lowest BCUT2D eigenvalue weighted by atomic mass is 9.98. The number of nitrogens with one attached hydrogen (secondary N) is 2. The normalized spacial score (nSPS) is 13.0. The Labute approximate surface area is 196 Å². The predicted octanol–water partition coefficient (Wildman–Crippen LogP) is 3.76. The van der Waals surface area contributed by atoms with E-state index in [1.54, 1.807) is 0 Å². The molecule has 3 aromatic rings. The molecule has 2 amide bonds. The highest BCUT2D eigenvalue weighted by Gasteiger charge is 2.29. The molecular formula is C25H26N4O5. The maximum Gasteiger partial charge on any atom is 0.412 e. The molecule has 0 fully saturated rings. The van der Waals surface area contributed by atoms with Crippen LogP contribution in [-0.4, -0.2) is 45.5 Å². The molecule has 1 unspecified atom stereocenters. The van der Waals surface area contributed by atoms with E-state index in [1.807, 2.05) is 43.3 Å². The van der Waals surface area contributed by atoms with Crippen LogP contribution in [0.15, 0.2) is 54.6 Å². The van der Waals surface area contributed by atoms with Gasteiger partial charge in [0.2, 0.25) is 0 Å². The molecule has 9 nitrogen and oxygen atoms in total. The summed E-state index contributed by atoms with van der Waals surface area (Å²) >= 11 is 0. The minimum atomic E-state index is -1.10. The molecule has 1 atom stereocenters. The Kier molecular flexibility index (Phi) is 6.62. The van der Waals surface area contributed by atoms with Gasteiger partial charge in [0.25, 0.3) is 5.91 Å². The minimum Gasteiger partial charge on any atom is -0.480 e. The largest absolute Gasteiger partial charge is 0.480 e. The zero-order valence-electron chi connectivity index (χ0n) is 18.9. The van der Waals surface area contributed by atoms with Gasteiger partial charge < -0.3 is 15.2 Å². The van der Waals surface area contributed by atoms with Gasteiger partial charge in [-0.2, -0.15) is 5.10 Å². The van der Waals surface area contributed by atoms with Gasteiger partial charge in [0.1, 0.15) is 18.3 Å². The monoisotopic (exact) mass is 462 g/mol. The Morgan fingerprint density at radius 3 is 2.29 bits per heavy atom. The standard InChI is InChI=1S/C25H26N4O5/c1-3-8-20(24(31)32)26-23(30)21-13-22(28-29(21)2)27-25(33)34-14-19-17-11-6-4-9-15(17)16-10-5-7-12-18(16)19/h4-7,9-13,19-20H,3,8,14H2,1-2H3,(H,26,30)(H,31,32)(H,27,28,33). The average Bonchev–Trinajstić information content (AvgIpc) is 3.34. The molecule has 4 rings (SSSR count). The van der Waals surface area contributed by atoms with Crippen molar-refractivity contribution in [2.24, 2.45) is 7.05 Å². The third-order valence-electron chi connectivity index (χ3n) is 5.87. The fourth-order valence-corrected chi connectivity index (χ4v) is 4.26. The van der Waals surface area contributed by atoms with Crippen molar-refractivity contribution in [3.8, 4) is 11.1 Å². The smallest absolute Gasteiger partial charge is 0.412 e. The SMILES string of the molecule is CCCC(NC(=O)c1cc(NC(=O)OCC2c3ccccc3-c3ccccc32)nn1C)C(=O)O. The van der Waals surface area contributed by atoms with E-state index in [0.29, 0.717) is 12.8 Å². The van der Waals surface area contributed by atoms with Crippen LogP contribution >= 0.6 is 0 Å². The van der Waals surface area contributed by atoms with E-state index in [1.165, 1.54) is 17.8 Å². The molecular weight excluding hydrogens is 436 g/mol. The number of fused-ring (bicyclic) bond motifs is 3. The summed E-state index contributed by atoms with van der Waals surface area (Å²) in [6.07, 6.45) is 0.224. The number of rotatable bonds is 8. The molecule has 0 spiro atoms. The second-order valence-corrected chi connectivity index (χ2v) is 8.14. The number of carboxylic acid groups (broad SMARTS) is 1. The fraction of sp³-hybridized carbons (Fsp3) is 0.280. The van der Waals surface area contributed by atoms with E-state index >= 15 is 0 Å². The number of aliphatic carboxylic acids is 1. The summed E-state index contributed by atoms with van der Waals surface area (Å²) in [6.45, 7) is 1.99. The van der Waals surface area contributed by atoms with Crippen molar-refractivity contribution in [3.05, 3.63) is 71.4 Å². The molecule has 1 aliphatic carbocycles. The summed E-state index contributed by atoms with van der Waals surface area (Å²) in [6, 6.07) is 16.5. The summed E-state index contributed by atoms with van der Waals surface area (Å²) in [5.41, 5.74) is 4.60. The lowest BCUT2D eigenvalue weighted by molar-refractivity contribution is -0.139. The Bertz CT molecular complexity index is 1190. The summed E-state index contributed by atoms with van der Waals surface area (Å²) in [7, 11) is 1.54. The van der Waals surface area contributed by atoms with Gasteiger partial charge in [0.05, 0.1) is 0 Å². The molecule has 1 heterocycles. The molecule has 3 N–H and O–H groups in total. The van der Waals surface area contributed by atoms with E-state index in [0.717, 1.165) is 22.3 Å². The van der Waals surface area contributed by atoms with E-state index in [2.05, 4.69) is 27.9 Å². The van der Waals surface area contributed by atoms with Crippen molar-refractivity contribution in [1.29, 1.82) is 0 Å². The van der Waals surface area contributed by atoms with Crippen LogP contribution in [0.3, 0.4) is 0 Å². The van der Waals surface area contributed by atoms with E-state index < -0.39 is 24.0 Å². The first-order valence-electron chi connectivity index (χ1n) is 11.1. The van der Waals surface area contributed by atoms with Gasteiger partial charge in [-0.25, -0.2) is 9.59 Å². The number of carboxylic acids is 1. The first kappa shape index (κ1) is 23.0. The molecule has 0 bridgehead atoms. The number of hydrogen-bond acceptors (Lipinski definition) is 5. The van der Waals surface area contributed by atoms with Crippen LogP contribution < -0.4 is 10.6 Å². The van der Waals surface area contributed by atoms with E-state index in [-0.39, 0.29) is 24.0 Å². The predicted molar refractivity (Wildman–Crippen MR) is 126 cm³/mol. The Balaban J connectivity index is 1.40. The Morgan fingerprint density at radius 2 is 1.71 bits per heavy atom. The third kappa shape index (κ3) is 4.63. The van der Waals surface area contributed by atoms with Crippen molar-refractivity contribution < 1.29 is 24.2 Å². The molecule has 0 saturated heterocycles. The van der Waals surface area contributed by atoms with Gasteiger partial charge >= 0.3 is 12.1 Å². The quantitative estimate of drug-likeness (QED) is 0.468. The third-order valence-corrected chi connectivity index (χ3v) is 5.87. The summed E-state index contributed by atoms with van der Waals surface area (Å²) in [4.78, 5) is 36.3. The van der Waals surface area contributed by atoms with Gasteiger partial charge in [-0.05, 0) is 28.7 Å². The van der Waals surface area contributed by atoms with Gasteiger partial charge in [-0.1, -0.05) is 61.9 Å². The maximum absolute atomic E-state index is 12.5. The number of ether oxygens (including phenoxy) is 1. The Morgan fingerprint density at radius 1 is 1.09 bits per heavy atom. The summed E-state index contributed by atoms with van der Waals surface area (Å²) in [5, 5.41) is 18.4. The lowest BCUT2D eigenvalue weighted by Crippen LogP contribution is -2.41. The van der Waals surface area contributed by atoms with Gasteiger partial charge in [-0.3, -0.25) is 14.8 Å². The van der Waals surface area contributed by atoms with Crippen molar-refractivity contribution >= 4 is 23.8 Å². The van der Waals surface area contributed by atoms with Crippen LogP contribution in [0.1, 0.15) is 47.3 Å². The van der Waals surface area contributed by atoms with Crippen LogP contribution in [0.25, 0.3) is 11.1 Å². The second-order valence-electron chi connectivity index (χ2n) is 8.14. The molecule has 2 aromatic carbocycles. The highest BCUT2D eigenvalue weighted by molar-refractivity contribution is 5.96. The molecule has 0 aliphatic heterocycles. The fourth-order valence-electron chi connectivity index (χ4n) is 4.26. The average molecular weight is 463 g/mol. The molecule has 0 radical (unpaired) electrons. The van der Waals surface area contributed by atoms with Crippen LogP contribution in [0.5, 0.6) is 0 Å². The van der Waals surface area contributed by atoms with Crippen molar-refractivity contribution in [3.63, 3.8) is 0 Å². The number of benzene rings is 2. The lowest BCUT2D eigenvalue weighted by Gasteiger charge is -2.14. The van der Waals surface area contributed by atoms with Crippen LogP contribution in [0.4, 0.5) is 10.6 Å². The van der Waals surface area contributed by atoms with E-state index in [9.17, 15) is 19.5 Å². The highest BCUT2D eigenvalue weighted by Crippen LogP contribution is 2.44. The number of carbonyl (C=O) groups excluding carboxylic acids is 2. The van der Waals surface area contributed by atoms with Crippen molar-refractivity contribution in [2.45, 2.75) is 31.7 Å². The van der Waals surface area contributed by atoms with Crippen LogP contribution in [0.2, 0.25) is 0 Å². The topological polar surface area (TPSA) is 123 Å². The summed E-state index contributed by atoms with van der Waals surface area (Å²) < 4.78 is 6.78. The number of nitrogens with zero attached hydrogens (tertiary/aromatic N) is 2. The second kappa shape index (κ2) is 9.78. The van der Waals surface area contributed by atoms with Crippen molar-refractivity contribution in [2.75, 3.05) is 11.9 Å². The molecule has 9 heteroatoms. The van der Waals surface area contributed by atoms with Crippen LogP contribution in [0, 0.1) is 0 Å². The zero-order valence-corrected chi connectivity index (χ0v) is 18.9. The first-order chi connectivity index (χ1) is 16.4. The number of hydrogen-bond donors (Lipinski definition) is 3. The van der Waals surface area contributed by atoms with Crippen molar-refractivity contribution in [1.82, 2.24) is 15.1 Å². The molecule has 1 aliphatic rings. The van der Waals surface area contributed by atoms with Gasteiger partial charge in [-0.15, -0.1) is 0 Å². The first-order valence-corrected chi connectivity index (χ1v) is 11.1.